The highest BCUT2D eigenvalue weighted by Crippen LogP contribution is 2.23. The standard InChI is InChI=1S/C17H19N3/c1-11-7-13(3)14(8-12(11)2)9-18-16-5-4-6-17-15(16)10-19-20-17/h4-8,10,18H,9H2,1-3H3,(H,19,20). The van der Waals surface area contributed by atoms with E-state index in [-0.39, 0.29) is 0 Å². The van der Waals surface area contributed by atoms with Gasteiger partial charge in [0.1, 0.15) is 0 Å². The first-order valence-corrected chi connectivity index (χ1v) is 6.88. The van der Waals surface area contributed by atoms with Gasteiger partial charge in [-0.15, -0.1) is 0 Å². The molecule has 0 aliphatic rings. The van der Waals surface area contributed by atoms with Crippen LogP contribution in [0.1, 0.15) is 22.3 Å². The van der Waals surface area contributed by atoms with Gasteiger partial charge in [-0.1, -0.05) is 18.2 Å². The Bertz CT molecular complexity index is 756. The van der Waals surface area contributed by atoms with E-state index in [0.29, 0.717) is 0 Å². The molecule has 3 aromatic rings. The molecule has 2 aromatic carbocycles. The van der Waals surface area contributed by atoms with E-state index in [0.717, 1.165) is 23.1 Å². The molecule has 0 saturated carbocycles. The Labute approximate surface area is 119 Å². The monoisotopic (exact) mass is 265 g/mol. The van der Waals surface area contributed by atoms with Crippen molar-refractivity contribution in [2.45, 2.75) is 27.3 Å². The summed E-state index contributed by atoms with van der Waals surface area (Å²) in [5.41, 5.74) is 7.55. The molecular weight excluding hydrogens is 246 g/mol. The summed E-state index contributed by atoms with van der Waals surface area (Å²) in [5.74, 6) is 0. The molecule has 1 heterocycles. The van der Waals surface area contributed by atoms with Crippen molar-refractivity contribution in [3.8, 4) is 0 Å². The molecular formula is C17H19N3. The molecule has 3 nitrogen and oxygen atoms in total. The van der Waals surface area contributed by atoms with Gasteiger partial charge in [-0.3, -0.25) is 5.10 Å². The molecule has 0 fully saturated rings. The van der Waals surface area contributed by atoms with Gasteiger partial charge in [-0.2, -0.15) is 5.10 Å². The first kappa shape index (κ1) is 12.7. The first-order valence-electron chi connectivity index (χ1n) is 6.88. The van der Waals surface area contributed by atoms with Gasteiger partial charge in [0.25, 0.3) is 0 Å². The minimum absolute atomic E-state index is 0.831. The summed E-state index contributed by atoms with van der Waals surface area (Å²) < 4.78 is 0. The van der Waals surface area contributed by atoms with Crippen LogP contribution in [0.5, 0.6) is 0 Å². The molecule has 0 aliphatic heterocycles. The Balaban J connectivity index is 1.86. The SMILES string of the molecule is Cc1cc(C)c(CNc2cccc3[nH]ncc23)cc1C. The second kappa shape index (κ2) is 5.00. The van der Waals surface area contributed by atoms with Crippen LogP contribution in [0.2, 0.25) is 0 Å². The highest BCUT2D eigenvalue weighted by atomic mass is 15.1. The molecule has 0 radical (unpaired) electrons. The third kappa shape index (κ3) is 2.27. The quantitative estimate of drug-likeness (QED) is 0.748. The molecule has 0 bridgehead atoms. The van der Waals surface area contributed by atoms with Gasteiger partial charge in [0.2, 0.25) is 0 Å². The fraction of sp³-hybridized carbons (Fsp3) is 0.235. The van der Waals surface area contributed by atoms with Crippen LogP contribution in [0.3, 0.4) is 0 Å². The Morgan fingerprint density at radius 1 is 1.05 bits per heavy atom. The third-order valence-electron chi connectivity index (χ3n) is 3.91. The zero-order valence-electron chi connectivity index (χ0n) is 12.1. The molecule has 0 atom stereocenters. The zero-order chi connectivity index (χ0) is 14.1. The van der Waals surface area contributed by atoms with Crippen molar-refractivity contribution in [1.29, 1.82) is 0 Å². The largest absolute Gasteiger partial charge is 0.380 e. The lowest BCUT2D eigenvalue weighted by Crippen LogP contribution is -2.02. The molecule has 2 N–H and O–H groups in total. The molecule has 0 unspecified atom stereocenters. The zero-order valence-corrected chi connectivity index (χ0v) is 12.1. The first-order chi connectivity index (χ1) is 9.65. The third-order valence-corrected chi connectivity index (χ3v) is 3.91. The van der Waals surface area contributed by atoms with Crippen molar-refractivity contribution in [2.75, 3.05) is 5.32 Å². The second-order valence-corrected chi connectivity index (χ2v) is 5.35. The molecule has 0 amide bonds. The van der Waals surface area contributed by atoms with Gasteiger partial charge in [0.15, 0.2) is 0 Å². The van der Waals surface area contributed by atoms with Crippen LogP contribution < -0.4 is 5.32 Å². The summed E-state index contributed by atoms with van der Waals surface area (Å²) in [7, 11) is 0. The molecule has 102 valence electrons. The Hall–Kier alpha value is -2.29. The van der Waals surface area contributed by atoms with Crippen LogP contribution in [0.4, 0.5) is 5.69 Å². The average molecular weight is 265 g/mol. The number of aromatic nitrogens is 2. The number of aromatic amines is 1. The van der Waals surface area contributed by atoms with E-state index in [1.165, 1.54) is 22.3 Å². The maximum absolute atomic E-state index is 4.10. The highest BCUT2D eigenvalue weighted by Gasteiger charge is 2.05. The predicted molar refractivity (Wildman–Crippen MR) is 84.1 cm³/mol. The van der Waals surface area contributed by atoms with Crippen molar-refractivity contribution in [3.05, 3.63) is 58.8 Å². The van der Waals surface area contributed by atoms with E-state index in [9.17, 15) is 0 Å². The van der Waals surface area contributed by atoms with Crippen molar-refractivity contribution in [1.82, 2.24) is 10.2 Å². The van der Waals surface area contributed by atoms with Crippen LogP contribution in [0.25, 0.3) is 10.9 Å². The minimum atomic E-state index is 0.831. The average Bonchev–Trinajstić information content (AvgIpc) is 2.90. The number of benzene rings is 2. The maximum Gasteiger partial charge on any atom is 0.0671 e. The lowest BCUT2D eigenvalue weighted by atomic mass is 10.0. The summed E-state index contributed by atoms with van der Waals surface area (Å²) in [5, 5.41) is 11.7. The molecule has 0 spiro atoms. The Kier molecular flexibility index (Phi) is 3.18. The molecule has 3 rings (SSSR count). The maximum atomic E-state index is 4.10. The Morgan fingerprint density at radius 3 is 2.70 bits per heavy atom. The molecule has 0 saturated heterocycles. The smallest absolute Gasteiger partial charge is 0.0671 e. The number of fused-ring (bicyclic) bond motifs is 1. The van der Waals surface area contributed by atoms with Crippen molar-refractivity contribution >= 4 is 16.6 Å². The summed E-state index contributed by atoms with van der Waals surface area (Å²) in [6.07, 6.45) is 1.87. The topological polar surface area (TPSA) is 40.7 Å². The van der Waals surface area contributed by atoms with Crippen LogP contribution in [-0.2, 0) is 6.54 Å². The van der Waals surface area contributed by atoms with Gasteiger partial charge in [0, 0.05) is 17.6 Å². The number of hydrogen-bond donors (Lipinski definition) is 2. The number of H-pyrrole nitrogens is 1. The van der Waals surface area contributed by atoms with E-state index in [4.69, 9.17) is 0 Å². The van der Waals surface area contributed by atoms with Gasteiger partial charge >= 0.3 is 0 Å². The summed E-state index contributed by atoms with van der Waals surface area (Å²) in [6.45, 7) is 7.32. The number of hydrogen-bond acceptors (Lipinski definition) is 2. The summed E-state index contributed by atoms with van der Waals surface area (Å²) in [4.78, 5) is 0. The van der Waals surface area contributed by atoms with Gasteiger partial charge < -0.3 is 5.32 Å². The van der Waals surface area contributed by atoms with E-state index < -0.39 is 0 Å². The molecule has 0 aliphatic carbocycles. The van der Waals surface area contributed by atoms with Crippen LogP contribution in [-0.4, -0.2) is 10.2 Å². The van der Waals surface area contributed by atoms with Crippen molar-refractivity contribution in [3.63, 3.8) is 0 Å². The summed E-state index contributed by atoms with van der Waals surface area (Å²) >= 11 is 0. The predicted octanol–water partition coefficient (Wildman–Crippen LogP) is 4.10. The van der Waals surface area contributed by atoms with E-state index >= 15 is 0 Å². The van der Waals surface area contributed by atoms with E-state index in [1.54, 1.807) is 0 Å². The minimum Gasteiger partial charge on any atom is -0.380 e. The number of rotatable bonds is 3. The van der Waals surface area contributed by atoms with Gasteiger partial charge in [-0.25, -0.2) is 0 Å². The fourth-order valence-electron chi connectivity index (χ4n) is 2.52. The van der Waals surface area contributed by atoms with Gasteiger partial charge in [-0.05, 0) is 55.2 Å². The van der Waals surface area contributed by atoms with E-state index in [1.807, 2.05) is 18.3 Å². The van der Waals surface area contributed by atoms with Crippen LogP contribution in [0, 0.1) is 20.8 Å². The van der Waals surface area contributed by atoms with E-state index in [2.05, 4.69) is 54.5 Å². The highest BCUT2D eigenvalue weighted by molar-refractivity contribution is 5.90. The molecule has 3 heteroatoms. The molecule has 1 aromatic heterocycles. The van der Waals surface area contributed by atoms with Crippen molar-refractivity contribution in [2.24, 2.45) is 0 Å². The van der Waals surface area contributed by atoms with Gasteiger partial charge in [0.05, 0.1) is 11.7 Å². The van der Waals surface area contributed by atoms with Crippen LogP contribution in [0.15, 0.2) is 36.5 Å². The van der Waals surface area contributed by atoms with Crippen LogP contribution >= 0.6 is 0 Å². The summed E-state index contributed by atoms with van der Waals surface area (Å²) in [6, 6.07) is 10.7. The fourth-order valence-corrected chi connectivity index (χ4v) is 2.52. The lowest BCUT2D eigenvalue weighted by molar-refractivity contribution is 1.10. The number of aryl methyl sites for hydroxylation is 3. The molecule has 20 heavy (non-hydrogen) atoms. The number of nitrogens with zero attached hydrogens (tertiary/aromatic N) is 1. The Morgan fingerprint density at radius 2 is 1.85 bits per heavy atom. The number of anilines is 1. The lowest BCUT2D eigenvalue weighted by Gasteiger charge is -2.12. The second-order valence-electron chi connectivity index (χ2n) is 5.35. The normalized spacial score (nSPS) is 10.9. The number of nitrogens with one attached hydrogen (secondary N) is 2. The van der Waals surface area contributed by atoms with Crippen molar-refractivity contribution < 1.29 is 0 Å².